The van der Waals surface area contributed by atoms with E-state index in [1.165, 1.54) is 4.90 Å². The van der Waals surface area contributed by atoms with Gasteiger partial charge in [0.2, 0.25) is 5.91 Å². The Kier molecular flexibility index (Phi) is 8.42. The fourth-order valence-corrected chi connectivity index (χ4v) is 4.04. The molecule has 0 aromatic heterocycles. The Hall–Kier alpha value is -3.15. The molecule has 0 aliphatic carbocycles. The summed E-state index contributed by atoms with van der Waals surface area (Å²) in [6.45, 7) is 4.68. The van der Waals surface area contributed by atoms with E-state index in [9.17, 15) is 14.4 Å². The van der Waals surface area contributed by atoms with E-state index >= 15 is 0 Å². The minimum absolute atomic E-state index is 0.176. The van der Waals surface area contributed by atoms with Crippen molar-refractivity contribution in [1.82, 2.24) is 4.90 Å². The summed E-state index contributed by atoms with van der Waals surface area (Å²) in [5.41, 5.74) is 1.61. The molecule has 0 radical (unpaired) electrons. The highest BCUT2D eigenvalue weighted by Gasteiger charge is 2.37. The molecule has 0 saturated carbocycles. The van der Waals surface area contributed by atoms with Gasteiger partial charge in [-0.1, -0.05) is 62.4 Å². The molecule has 1 aliphatic rings. The minimum Gasteiger partial charge on any atom is -0.462 e. The molecule has 32 heavy (non-hydrogen) atoms. The topological polar surface area (TPSA) is 72.9 Å². The Morgan fingerprint density at radius 2 is 1.69 bits per heavy atom. The second kappa shape index (κ2) is 11.5. The predicted octanol–water partition coefficient (Wildman–Crippen LogP) is 4.88. The number of esters is 1. The van der Waals surface area contributed by atoms with Crippen LogP contribution in [0.15, 0.2) is 60.7 Å². The molecule has 0 bridgehead atoms. The predicted molar refractivity (Wildman–Crippen MR) is 121 cm³/mol. The first kappa shape index (κ1) is 23.5. The van der Waals surface area contributed by atoms with E-state index in [4.69, 9.17) is 9.47 Å². The smallest absolute Gasteiger partial charge is 0.416 e. The highest BCUT2D eigenvalue weighted by atomic mass is 16.6. The summed E-state index contributed by atoms with van der Waals surface area (Å²) < 4.78 is 10.6. The van der Waals surface area contributed by atoms with Crippen LogP contribution in [0.1, 0.15) is 49.0 Å². The lowest BCUT2D eigenvalue weighted by Crippen LogP contribution is -2.40. The molecular formula is C26H31NO5. The maximum Gasteiger partial charge on any atom is 0.416 e. The van der Waals surface area contributed by atoms with Crippen molar-refractivity contribution >= 4 is 18.0 Å². The number of benzene rings is 2. The van der Waals surface area contributed by atoms with Crippen LogP contribution in [0.5, 0.6) is 0 Å². The number of hydrogen-bond donors (Lipinski definition) is 0. The number of imide groups is 1. The minimum atomic E-state index is -0.551. The molecule has 3 rings (SSSR count). The molecular weight excluding hydrogens is 406 g/mol. The van der Waals surface area contributed by atoms with Gasteiger partial charge in [0.05, 0.1) is 18.2 Å². The quantitative estimate of drug-likeness (QED) is 0.496. The van der Waals surface area contributed by atoms with Crippen molar-refractivity contribution in [3.63, 3.8) is 0 Å². The number of cyclic esters (lactones) is 1. The Labute approximate surface area is 189 Å². The standard InChI is InChI=1S/C26H31NO5/c1-19(15-20(2)17-31-25(29)22-11-7-4-8-12-22)13-14-24(28)27-23(18-32-26(27)30)16-21-9-5-3-6-10-21/h3-12,19-20,23H,13-18H2,1-2H3/t19-,20+,23+/m1/s1. The zero-order valence-electron chi connectivity index (χ0n) is 18.7. The summed E-state index contributed by atoms with van der Waals surface area (Å²) in [7, 11) is 0. The van der Waals surface area contributed by atoms with Crippen molar-refractivity contribution in [1.29, 1.82) is 0 Å². The van der Waals surface area contributed by atoms with E-state index in [2.05, 4.69) is 6.92 Å². The molecule has 1 heterocycles. The number of rotatable bonds is 10. The highest BCUT2D eigenvalue weighted by molar-refractivity contribution is 5.93. The average molecular weight is 438 g/mol. The fourth-order valence-electron chi connectivity index (χ4n) is 4.04. The van der Waals surface area contributed by atoms with Gasteiger partial charge in [-0.25, -0.2) is 14.5 Å². The average Bonchev–Trinajstić information content (AvgIpc) is 3.17. The number of carbonyl (C=O) groups is 3. The summed E-state index contributed by atoms with van der Waals surface area (Å²) in [5, 5.41) is 0. The summed E-state index contributed by atoms with van der Waals surface area (Å²) in [6, 6.07) is 18.5. The number of nitrogens with zero attached hydrogens (tertiary/aromatic N) is 1. The normalized spacial score (nSPS) is 17.5. The second-order valence-electron chi connectivity index (χ2n) is 8.63. The third-order valence-electron chi connectivity index (χ3n) is 5.71. The van der Waals surface area contributed by atoms with Crippen molar-refractivity contribution in [2.45, 2.75) is 45.6 Å². The Morgan fingerprint density at radius 3 is 2.38 bits per heavy atom. The van der Waals surface area contributed by atoms with Gasteiger partial charge in [-0.15, -0.1) is 0 Å². The van der Waals surface area contributed by atoms with Gasteiger partial charge in [0.25, 0.3) is 0 Å². The molecule has 2 amide bonds. The van der Waals surface area contributed by atoms with Gasteiger partial charge >= 0.3 is 12.1 Å². The second-order valence-corrected chi connectivity index (χ2v) is 8.63. The van der Waals surface area contributed by atoms with Gasteiger partial charge in [0.15, 0.2) is 0 Å². The van der Waals surface area contributed by atoms with Crippen LogP contribution >= 0.6 is 0 Å². The number of carbonyl (C=O) groups excluding carboxylic acids is 3. The van der Waals surface area contributed by atoms with Crippen molar-refractivity contribution in [2.75, 3.05) is 13.2 Å². The summed E-state index contributed by atoms with van der Waals surface area (Å²) >= 11 is 0. The van der Waals surface area contributed by atoms with Crippen LogP contribution in [0.25, 0.3) is 0 Å². The molecule has 0 unspecified atom stereocenters. The van der Waals surface area contributed by atoms with Crippen LogP contribution in [0, 0.1) is 11.8 Å². The lowest BCUT2D eigenvalue weighted by atomic mass is 9.93. The SMILES string of the molecule is C[C@H](CCC(=O)N1C(=O)OC[C@@H]1Cc1ccccc1)C[C@H](C)COC(=O)c1ccccc1. The molecule has 0 N–H and O–H groups in total. The van der Waals surface area contributed by atoms with Gasteiger partial charge in [0, 0.05) is 6.42 Å². The van der Waals surface area contributed by atoms with Crippen molar-refractivity contribution < 1.29 is 23.9 Å². The summed E-state index contributed by atoms with van der Waals surface area (Å²) in [6.07, 6.45) is 1.82. The Morgan fingerprint density at radius 1 is 1.03 bits per heavy atom. The van der Waals surface area contributed by atoms with Crippen LogP contribution in [-0.4, -0.2) is 42.1 Å². The molecule has 6 heteroatoms. The van der Waals surface area contributed by atoms with E-state index < -0.39 is 6.09 Å². The Bertz CT molecular complexity index is 899. The zero-order chi connectivity index (χ0) is 22.9. The van der Waals surface area contributed by atoms with Crippen LogP contribution < -0.4 is 0 Å². The largest absolute Gasteiger partial charge is 0.462 e. The summed E-state index contributed by atoms with van der Waals surface area (Å²) in [5.74, 6) is -0.0772. The van der Waals surface area contributed by atoms with E-state index in [1.807, 2.05) is 43.3 Å². The van der Waals surface area contributed by atoms with Gasteiger partial charge in [-0.2, -0.15) is 0 Å². The van der Waals surface area contributed by atoms with Crippen molar-refractivity contribution in [3.8, 4) is 0 Å². The molecule has 1 aliphatic heterocycles. The molecule has 0 spiro atoms. The van der Waals surface area contributed by atoms with Gasteiger partial charge in [0.1, 0.15) is 6.61 Å². The molecule has 170 valence electrons. The molecule has 2 aromatic carbocycles. The molecule has 3 atom stereocenters. The highest BCUT2D eigenvalue weighted by Crippen LogP contribution is 2.22. The maximum atomic E-state index is 12.8. The third-order valence-corrected chi connectivity index (χ3v) is 5.71. The fraction of sp³-hybridized carbons (Fsp3) is 0.423. The first-order valence-electron chi connectivity index (χ1n) is 11.2. The number of amides is 2. The lowest BCUT2D eigenvalue weighted by Gasteiger charge is -2.21. The van der Waals surface area contributed by atoms with Gasteiger partial charge in [-0.05, 0) is 48.8 Å². The van der Waals surface area contributed by atoms with Gasteiger partial charge < -0.3 is 9.47 Å². The molecule has 1 saturated heterocycles. The first-order valence-corrected chi connectivity index (χ1v) is 11.2. The van der Waals surface area contributed by atoms with Gasteiger partial charge in [-0.3, -0.25) is 4.79 Å². The first-order chi connectivity index (χ1) is 15.4. The third kappa shape index (κ3) is 6.67. The molecule has 1 fully saturated rings. The van der Waals surface area contributed by atoms with E-state index in [0.29, 0.717) is 25.0 Å². The maximum absolute atomic E-state index is 12.8. The van der Waals surface area contributed by atoms with E-state index in [1.54, 1.807) is 24.3 Å². The lowest BCUT2D eigenvalue weighted by molar-refractivity contribution is -0.129. The molecule has 2 aromatic rings. The zero-order valence-corrected chi connectivity index (χ0v) is 18.7. The van der Waals surface area contributed by atoms with E-state index in [-0.39, 0.29) is 42.8 Å². The molecule has 6 nitrogen and oxygen atoms in total. The van der Waals surface area contributed by atoms with E-state index in [0.717, 1.165) is 12.0 Å². The van der Waals surface area contributed by atoms with Crippen molar-refractivity contribution in [2.24, 2.45) is 11.8 Å². The van der Waals surface area contributed by atoms with Crippen LogP contribution in [0.3, 0.4) is 0 Å². The van der Waals surface area contributed by atoms with Crippen LogP contribution in [0.4, 0.5) is 4.79 Å². The van der Waals surface area contributed by atoms with Crippen LogP contribution in [0.2, 0.25) is 0 Å². The van der Waals surface area contributed by atoms with Crippen LogP contribution in [-0.2, 0) is 20.7 Å². The summed E-state index contributed by atoms with van der Waals surface area (Å²) in [4.78, 5) is 38.3. The Balaban J connectivity index is 1.42. The monoisotopic (exact) mass is 437 g/mol. The number of hydrogen-bond acceptors (Lipinski definition) is 5. The number of ether oxygens (including phenoxy) is 2. The van der Waals surface area contributed by atoms with Crippen molar-refractivity contribution in [3.05, 3.63) is 71.8 Å².